The van der Waals surface area contributed by atoms with Crippen LogP contribution in [-0.4, -0.2) is 67.6 Å². The van der Waals surface area contributed by atoms with E-state index < -0.39 is 0 Å². The molecule has 5 heteroatoms. The Morgan fingerprint density at radius 3 is 2.80 bits per heavy atom. The first kappa shape index (κ1) is 17.4. The molecule has 118 valence electrons. The number of likely N-dealkylation sites (N-methyl/N-ethyl adjacent to an activating group) is 1. The predicted octanol–water partition coefficient (Wildman–Crippen LogP) is 0.646. The Labute approximate surface area is 123 Å². The van der Waals surface area contributed by atoms with Gasteiger partial charge in [0.2, 0.25) is 5.91 Å². The second-order valence-corrected chi connectivity index (χ2v) is 6.09. The van der Waals surface area contributed by atoms with E-state index in [1.807, 2.05) is 0 Å². The summed E-state index contributed by atoms with van der Waals surface area (Å²) < 4.78 is 0. The Balaban J connectivity index is 2.30. The van der Waals surface area contributed by atoms with Gasteiger partial charge in [-0.2, -0.15) is 0 Å². The van der Waals surface area contributed by atoms with Gasteiger partial charge in [0.25, 0.3) is 0 Å². The van der Waals surface area contributed by atoms with Gasteiger partial charge in [0.05, 0.1) is 6.54 Å². The number of rotatable bonds is 8. The van der Waals surface area contributed by atoms with Crippen molar-refractivity contribution in [3.63, 3.8) is 0 Å². The first-order chi connectivity index (χ1) is 9.56. The van der Waals surface area contributed by atoms with E-state index in [1.165, 1.54) is 19.3 Å². The summed E-state index contributed by atoms with van der Waals surface area (Å²) in [7, 11) is 2.11. The van der Waals surface area contributed by atoms with E-state index in [4.69, 9.17) is 5.73 Å². The Morgan fingerprint density at radius 1 is 1.40 bits per heavy atom. The fourth-order valence-corrected chi connectivity index (χ4v) is 2.76. The maximum atomic E-state index is 12.1. The summed E-state index contributed by atoms with van der Waals surface area (Å²) in [6.45, 7) is 8.28. The van der Waals surface area contributed by atoms with E-state index in [9.17, 15) is 4.79 Å². The van der Waals surface area contributed by atoms with Gasteiger partial charge in [-0.3, -0.25) is 9.69 Å². The van der Waals surface area contributed by atoms with Gasteiger partial charge in [-0.25, -0.2) is 0 Å². The molecular formula is C15H32N4O. The number of nitrogens with one attached hydrogen (secondary N) is 1. The minimum absolute atomic E-state index is 0.136. The first-order valence-corrected chi connectivity index (χ1v) is 7.98. The smallest absolute Gasteiger partial charge is 0.234 e. The molecule has 0 aromatic carbocycles. The highest BCUT2D eigenvalue weighted by atomic mass is 16.2. The van der Waals surface area contributed by atoms with Crippen molar-refractivity contribution in [2.45, 2.75) is 51.6 Å². The van der Waals surface area contributed by atoms with Crippen LogP contribution in [-0.2, 0) is 4.79 Å². The second kappa shape index (κ2) is 9.32. The van der Waals surface area contributed by atoms with Crippen molar-refractivity contribution in [3.05, 3.63) is 0 Å². The van der Waals surface area contributed by atoms with Gasteiger partial charge >= 0.3 is 0 Å². The average molecular weight is 284 g/mol. The molecule has 1 saturated heterocycles. The SMILES string of the molecule is CCCCCC(C)NC(=O)CN1CCN(C)CC1CN. The van der Waals surface area contributed by atoms with Crippen LogP contribution in [0.5, 0.6) is 0 Å². The van der Waals surface area contributed by atoms with Crippen molar-refractivity contribution in [2.75, 3.05) is 39.8 Å². The van der Waals surface area contributed by atoms with Crippen molar-refractivity contribution in [2.24, 2.45) is 5.73 Å². The molecule has 20 heavy (non-hydrogen) atoms. The number of nitrogens with zero attached hydrogens (tertiary/aromatic N) is 2. The molecule has 5 nitrogen and oxygen atoms in total. The first-order valence-electron chi connectivity index (χ1n) is 7.98. The number of hydrogen-bond donors (Lipinski definition) is 2. The lowest BCUT2D eigenvalue weighted by molar-refractivity contribution is -0.124. The van der Waals surface area contributed by atoms with E-state index in [1.54, 1.807) is 0 Å². The van der Waals surface area contributed by atoms with Crippen molar-refractivity contribution in [1.29, 1.82) is 0 Å². The summed E-state index contributed by atoms with van der Waals surface area (Å²) in [4.78, 5) is 16.6. The van der Waals surface area contributed by atoms with Crippen LogP contribution in [0.4, 0.5) is 0 Å². The number of carbonyl (C=O) groups excluding carboxylic acids is 1. The quantitative estimate of drug-likeness (QED) is 0.642. The largest absolute Gasteiger partial charge is 0.353 e. The molecule has 0 saturated carbocycles. The predicted molar refractivity (Wildman–Crippen MR) is 83.7 cm³/mol. The minimum atomic E-state index is 0.136. The summed E-state index contributed by atoms with van der Waals surface area (Å²) in [5.41, 5.74) is 5.81. The van der Waals surface area contributed by atoms with Gasteiger partial charge < -0.3 is 16.0 Å². The third kappa shape index (κ3) is 6.20. The molecule has 0 aromatic rings. The molecule has 2 atom stereocenters. The van der Waals surface area contributed by atoms with Crippen molar-refractivity contribution < 1.29 is 4.79 Å². The molecule has 1 fully saturated rings. The molecule has 2 unspecified atom stereocenters. The van der Waals surface area contributed by atoms with E-state index in [-0.39, 0.29) is 11.9 Å². The summed E-state index contributed by atoms with van der Waals surface area (Å²) in [5, 5.41) is 3.11. The van der Waals surface area contributed by atoms with Crippen LogP contribution in [0, 0.1) is 0 Å². The van der Waals surface area contributed by atoms with Gasteiger partial charge in [-0.15, -0.1) is 0 Å². The van der Waals surface area contributed by atoms with Gasteiger partial charge in [-0.05, 0) is 20.4 Å². The third-order valence-corrected chi connectivity index (χ3v) is 4.07. The van der Waals surface area contributed by atoms with Crippen LogP contribution >= 0.6 is 0 Å². The summed E-state index contributed by atoms with van der Waals surface area (Å²) >= 11 is 0. The van der Waals surface area contributed by atoms with Crippen LogP contribution < -0.4 is 11.1 Å². The van der Waals surface area contributed by atoms with Crippen LogP contribution in [0.2, 0.25) is 0 Å². The van der Waals surface area contributed by atoms with Crippen molar-refractivity contribution in [3.8, 4) is 0 Å². The third-order valence-electron chi connectivity index (χ3n) is 4.07. The molecule has 1 aliphatic rings. The van der Waals surface area contributed by atoms with Gasteiger partial charge in [0.1, 0.15) is 0 Å². The molecule has 1 amide bonds. The highest BCUT2D eigenvalue weighted by molar-refractivity contribution is 5.78. The maximum Gasteiger partial charge on any atom is 0.234 e. The second-order valence-electron chi connectivity index (χ2n) is 6.09. The minimum Gasteiger partial charge on any atom is -0.353 e. The summed E-state index contributed by atoms with van der Waals surface area (Å²) in [5.74, 6) is 0.136. The zero-order valence-electron chi connectivity index (χ0n) is 13.4. The van der Waals surface area contributed by atoms with Gasteiger partial charge in [-0.1, -0.05) is 26.2 Å². The van der Waals surface area contributed by atoms with Gasteiger partial charge in [0, 0.05) is 38.3 Å². The van der Waals surface area contributed by atoms with Crippen molar-refractivity contribution >= 4 is 5.91 Å². The van der Waals surface area contributed by atoms with Crippen LogP contribution in [0.3, 0.4) is 0 Å². The Kier molecular flexibility index (Phi) is 8.11. The van der Waals surface area contributed by atoms with E-state index in [0.29, 0.717) is 19.1 Å². The number of amides is 1. The zero-order valence-corrected chi connectivity index (χ0v) is 13.4. The van der Waals surface area contributed by atoms with Gasteiger partial charge in [0.15, 0.2) is 0 Å². The fourth-order valence-electron chi connectivity index (χ4n) is 2.76. The summed E-state index contributed by atoms with van der Waals surface area (Å²) in [6, 6.07) is 0.577. The molecule has 0 radical (unpaired) electrons. The normalized spacial score (nSPS) is 22.7. The van der Waals surface area contributed by atoms with Crippen LogP contribution in [0.15, 0.2) is 0 Å². The number of carbonyl (C=O) groups is 1. The van der Waals surface area contributed by atoms with Crippen molar-refractivity contribution in [1.82, 2.24) is 15.1 Å². The Hall–Kier alpha value is -0.650. The highest BCUT2D eigenvalue weighted by Gasteiger charge is 2.25. The number of piperazine rings is 1. The van der Waals surface area contributed by atoms with Crippen LogP contribution in [0.25, 0.3) is 0 Å². The zero-order chi connectivity index (χ0) is 15.0. The topological polar surface area (TPSA) is 61.6 Å². The lowest BCUT2D eigenvalue weighted by atomic mass is 10.1. The maximum absolute atomic E-state index is 12.1. The number of unbranched alkanes of at least 4 members (excludes halogenated alkanes) is 2. The molecule has 0 spiro atoms. The molecule has 3 N–H and O–H groups in total. The molecule has 0 aliphatic carbocycles. The molecule has 0 bridgehead atoms. The monoisotopic (exact) mass is 284 g/mol. The molecule has 1 heterocycles. The molecule has 1 rings (SSSR count). The molecular weight excluding hydrogens is 252 g/mol. The highest BCUT2D eigenvalue weighted by Crippen LogP contribution is 2.07. The van der Waals surface area contributed by atoms with Crippen LogP contribution in [0.1, 0.15) is 39.5 Å². The Bertz CT molecular complexity index is 285. The molecule has 0 aromatic heterocycles. The fraction of sp³-hybridized carbons (Fsp3) is 0.933. The van der Waals surface area contributed by atoms with E-state index in [0.717, 1.165) is 26.1 Å². The van der Waals surface area contributed by atoms with E-state index >= 15 is 0 Å². The van der Waals surface area contributed by atoms with E-state index in [2.05, 4.69) is 36.0 Å². The lowest BCUT2D eigenvalue weighted by Crippen LogP contribution is -2.57. The standard InChI is InChI=1S/C15H32N4O/c1-4-5-6-7-13(2)17-15(20)12-19-9-8-18(3)11-14(19)10-16/h13-14H,4-12,16H2,1-3H3,(H,17,20). The summed E-state index contributed by atoms with van der Waals surface area (Å²) in [6.07, 6.45) is 4.73. The molecule has 1 aliphatic heterocycles. The number of hydrogen-bond acceptors (Lipinski definition) is 4. The Morgan fingerprint density at radius 2 is 2.15 bits per heavy atom. The number of nitrogens with two attached hydrogens (primary N) is 1. The lowest BCUT2D eigenvalue weighted by Gasteiger charge is -2.39. The average Bonchev–Trinajstić information content (AvgIpc) is 2.41.